The maximum absolute atomic E-state index is 13.1. The highest BCUT2D eigenvalue weighted by atomic mass is 19.1. The van der Waals surface area contributed by atoms with E-state index in [-0.39, 0.29) is 18.2 Å². The molecule has 100 valence electrons. The topological polar surface area (TPSA) is 52.6 Å². The zero-order valence-corrected chi connectivity index (χ0v) is 10.7. The van der Waals surface area contributed by atoms with Crippen molar-refractivity contribution in [2.75, 3.05) is 19.6 Å². The molecule has 0 bridgehead atoms. The number of amides is 1. The van der Waals surface area contributed by atoms with Crippen LogP contribution in [0.3, 0.4) is 0 Å². The van der Waals surface area contributed by atoms with Crippen LogP contribution < -0.4 is 5.32 Å². The summed E-state index contributed by atoms with van der Waals surface area (Å²) in [6.45, 7) is 5.58. The van der Waals surface area contributed by atoms with Crippen LogP contribution in [-0.2, 0) is 11.3 Å². The van der Waals surface area contributed by atoms with E-state index in [0.717, 1.165) is 0 Å². The van der Waals surface area contributed by atoms with E-state index in [1.807, 2.05) is 18.7 Å². The molecule has 1 aromatic rings. The summed E-state index contributed by atoms with van der Waals surface area (Å²) in [6.07, 6.45) is 0. The number of aromatic hydroxyl groups is 1. The number of nitrogens with one attached hydrogen (secondary N) is 1. The molecule has 18 heavy (non-hydrogen) atoms. The van der Waals surface area contributed by atoms with Crippen molar-refractivity contribution in [3.05, 3.63) is 29.6 Å². The summed E-state index contributed by atoms with van der Waals surface area (Å²) < 4.78 is 13.1. The number of hydrogen-bond acceptors (Lipinski definition) is 3. The predicted molar refractivity (Wildman–Crippen MR) is 67.7 cm³/mol. The van der Waals surface area contributed by atoms with Gasteiger partial charge in [0.1, 0.15) is 11.6 Å². The van der Waals surface area contributed by atoms with Crippen molar-refractivity contribution in [2.24, 2.45) is 0 Å². The maximum atomic E-state index is 13.1. The number of carbonyl (C=O) groups excluding carboxylic acids is 1. The standard InChI is InChI=1S/C13H19FN2O2/c1-3-15-13(18)9-16(4-2)8-10-7-11(14)5-6-12(10)17/h5-7,17H,3-4,8-9H2,1-2H3,(H,15,18). The Morgan fingerprint density at radius 3 is 2.78 bits per heavy atom. The highest BCUT2D eigenvalue weighted by Crippen LogP contribution is 2.19. The van der Waals surface area contributed by atoms with Gasteiger partial charge in [-0.25, -0.2) is 4.39 Å². The number of rotatable bonds is 6. The lowest BCUT2D eigenvalue weighted by atomic mass is 10.2. The van der Waals surface area contributed by atoms with Crippen LogP contribution in [0, 0.1) is 5.82 Å². The molecule has 0 unspecified atom stereocenters. The largest absolute Gasteiger partial charge is 0.508 e. The molecule has 0 heterocycles. The van der Waals surface area contributed by atoms with Gasteiger partial charge in [-0.15, -0.1) is 0 Å². The SMILES string of the molecule is CCNC(=O)CN(CC)Cc1cc(F)ccc1O. The van der Waals surface area contributed by atoms with Crippen molar-refractivity contribution in [2.45, 2.75) is 20.4 Å². The van der Waals surface area contributed by atoms with Gasteiger partial charge in [-0.1, -0.05) is 6.92 Å². The Balaban J connectivity index is 2.67. The van der Waals surface area contributed by atoms with Gasteiger partial charge in [0.05, 0.1) is 6.54 Å². The molecule has 0 aliphatic carbocycles. The molecule has 1 amide bonds. The molecule has 0 fully saturated rings. The van der Waals surface area contributed by atoms with Crippen LogP contribution in [0.5, 0.6) is 5.75 Å². The van der Waals surface area contributed by atoms with E-state index in [2.05, 4.69) is 5.32 Å². The molecule has 1 rings (SSSR count). The van der Waals surface area contributed by atoms with Gasteiger partial charge in [-0.05, 0) is 31.7 Å². The van der Waals surface area contributed by atoms with Crippen LogP contribution in [0.15, 0.2) is 18.2 Å². The van der Waals surface area contributed by atoms with Gasteiger partial charge in [-0.2, -0.15) is 0 Å². The number of phenols is 1. The Morgan fingerprint density at radius 1 is 1.44 bits per heavy atom. The van der Waals surface area contributed by atoms with E-state index < -0.39 is 5.82 Å². The molecule has 0 aliphatic rings. The van der Waals surface area contributed by atoms with E-state index in [0.29, 0.717) is 25.2 Å². The number of likely N-dealkylation sites (N-methyl/N-ethyl adjacent to an activating group) is 2. The monoisotopic (exact) mass is 254 g/mol. The number of phenolic OH excluding ortho intramolecular Hbond substituents is 1. The Morgan fingerprint density at radius 2 is 2.17 bits per heavy atom. The number of carbonyl (C=O) groups is 1. The molecule has 0 aliphatic heterocycles. The van der Waals surface area contributed by atoms with Crippen LogP contribution in [0.25, 0.3) is 0 Å². The summed E-state index contributed by atoms with van der Waals surface area (Å²) in [6, 6.07) is 3.82. The molecule has 5 heteroatoms. The Labute approximate surface area is 106 Å². The lowest BCUT2D eigenvalue weighted by molar-refractivity contribution is -0.122. The highest BCUT2D eigenvalue weighted by molar-refractivity contribution is 5.77. The van der Waals surface area contributed by atoms with Crippen LogP contribution in [0.4, 0.5) is 4.39 Å². The number of nitrogens with zero attached hydrogens (tertiary/aromatic N) is 1. The first-order valence-corrected chi connectivity index (χ1v) is 6.03. The molecule has 4 nitrogen and oxygen atoms in total. The van der Waals surface area contributed by atoms with Crippen molar-refractivity contribution in [3.63, 3.8) is 0 Å². The molecule has 0 radical (unpaired) electrons. The summed E-state index contributed by atoms with van der Waals surface area (Å²) in [4.78, 5) is 13.3. The third-order valence-electron chi connectivity index (χ3n) is 2.62. The van der Waals surface area contributed by atoms with Crippen molar-refractivity contribution >= 4 is 5.91 Å². The summed E-state index contributed by atoms with van der Waals surface area (Å²) in [5.41, 5.74) is 0.487. The average molecular weight is 254 g/mol. The number of benzene rings is 1. The fourth-order valence-corrected chi connectivity index (χ4v) is 1.66. The Hall–Kier alpha value is -1.62. The number of hydrogen-bond donors (Lipinski definition) is 2. The van der Waals surface area contributed by atoms with Crippen LogP contribution in [-0.4, -0.2) is 35.5 Å². The van der Waals surface area contributed by atoms with E-state index in [1.54, 1.807) is 0 Å². The van der Waals surface area contributed by atoms with Gasteiger partial charge in [0.2, 0.25) is 5.91 Å². The first-order valence-electron chi connectivity index (χ1n) is 6.03. The third kappa shape index (κ3) is 4.33. The first-order chi connectivity index (χ1) is 8.56. The van der Waals surface area contributed by atoms with Gasteiger partial charge in [0, 0.05) is 18.7 Å². The van der Waals surface area contributed by atoms with Gasteiger partial charge in [0.25, 0.3) is 0 Å². The predicted octanol–water partition coefficient (Wildman–Crippen LogP) is 1.49. The first kappa shape index (κ1) is 14.4. The minimum atomic E-state index is -0.392. The van der Waals surface area contributed by atoms with Gasteiger partial charge < -0.3 is 10.4 Å². The molecular weight excluding hydrogens is 235 g/mol. The molecule has 0 aromatic heterocycles. The summed E-state index contributed by atoms with van der Waals surface area (Å²) in [7, 11) is 0. The minimum Gasteiger partial charge on any atom is -0.508 e. The second-order valence-corrected chi connectivity index (χ2v) is 4.03. The van der Waals surface area contributed by atoms with Crippen molar-refractivity contribution in [1.29, 1.82) is 0 Å². The van der Waals surface area contributed by atoms with E-state index in [4.69, 9.17) is 0 Å². The molecular formula is C13H19FN2O2. The number of halogens is 1. The fourth-order valence-electron chi connectivity index (χ4n) is 1.66. The molecule has 0 atom stereocenters. The normalized spacial score (nSPS) is 10.7. The van der Waals surface area contributed by atoms with E-state index in [1.165, 1.54) is 18.2 Å². The second-order valence-electron chi connectivity index (χ2n) is 4.03. The van der Waals surface area contributed by atoms with Crippen molar-refractivity contribution < 1.29 is 14.3 Å². The van der Waals surface area contributed by atoms with Crippen LogP contribution in [0.2, 0.25) is 0 Å². The van der Waals surface area contributed by atoms with E-state index in [9.17, 15) is 14.3 Å². The second kappa shape index (κ2) is 6.96. The Kier molecular flexibility index (Phi) is 5.58. The fraction of sp³-hybridized carbons (Fsp3) is 0.462. The maximum Gasteiger partial charge on any atom is 0.234 e. The summed E-state index contributed by atoms with van der Waals surface area (Å²) in [5, 5.41) is 12.3. The molecule has 1 aromatic carbocycles. The van der Waals surface area contributed by atoms with Gasteiger partial charge in [0.15, 0.2) is 0 Å². The molecule has 0 saturated heterocycles. The summed E-state index contributed by atoms with van der Waals surface area (Å²) in [5.74, 6) is -0.419. The van der Waals surface area contributed by atoms with Gasteiger partial charge >= 0.3 is 0 Å². The molecule has 0 spiro atoms. The zero-order valence-electron chi connectivity index (χ0n) is 10.7. The lowest BCUT2D eigenvalue weighted by Gasteiger charge is -2.20. The highest BCUT2D eigenvalue weighted by Gasteiger charge is 2.11. The van der Waals surface area contributed by atoms with Crippen molar-refractivity contribution in [1.82, 2.24) is 10.2 Å². The third-order valence-corrected chi connectivity index (χ3v) is 2.62. The van der Waals surface area contributed by atoms with Crippen LogP contribution >= 0.6 is 0 Å². The van der Waals surface area contributed by atoms with Crippen molar-refractivity contribution in [3.8, 4) is 5.75 Å². The Bertz CT molecular complexity index is 410. The van der Waals surface area contributed by atoms with Gasteiger partial charge in [-0.3, -0.25) is 9.69 Å². The smallest absolute Gasteiger partial charge is 0.234 e. The molecule has 2 N–H and O–H groups in total. The zero-order chi connectivity index (χ0) is 13.5. The van der Waals surface area contributed by atoms with E-state index >= 15 is 0 Å². The average Bonchev–Trinajstić information content (AvgIpc) is 2.33. The molecule has 0 saturated carbocycles. The quantitative estimate of drug-likeness (QED) is 0.808. The van der Waals surface area contributed by atoms with Crippen LogP contribution in [0.1, 0.15) is 19.4 Å². The minimum absolute atomic E-state index is 0.0470. The lowest BCUT2D eigenvalue weighted by Crippen LogP contribution is -2.36. The summed E-state index contributed by atoms with van der Waals surface area (Å²) >= 11 is 0.